The standard InChI is InChI=1S/C32H31N7O3/c1-4-37(3)21(2)39-30-15-14-26(40)17-24(30)18-28(32(39)41)31-34-36-38(35-31)19-22-8-7-10-27(16-22)42-20-25-13-12-23-9-5-6-11-29(23)33-25/h5-18,21,40H,4,19-20H2,1-3H3. The van der Waals surface area contributed by atoms with E-state index in [0.717, 1.165) is 34.2 Å². The first-order chi connectivity index (χ1) is 20.4. The Balaban J connectivity index is 1.24. The highest BCUT2D eigenvalue weighted by atomic mass is 16.5. The third kappa shape index (κ3) is 5.44. The quantitative estimate of drug-likeness (QED) is 0.262. The molecule has 10 heteroatoms. The number of phenols is 1. The smallest absolute Gasteiger partial charge is 0.263 e. The van der Waals surface area contributed by atoms with Gasteiger partial charge < -0.3 is 9.84 Å². The number of rotatable bonds is 9. The fourth-order valence-electron chi connectivity index (χ4n) is 4.99. The lowest BCUT2D eigenvalue weighted by Gasteiger charge is -2.27. The minimum atomic E-state index is -0.225. The third-order valence-corrected chi connectivity index (χ3v) is 7.49. The van der Waals surface area contributed by atoms with Gasteiger partial charge in [-0.1, -0.05) is 43.3 Å². The van der Waals surface area contributed by atoms with Crippen molar-refractivity contribution in [3.63, 3.8) is 0 Å². The second-order valence-electron chi connectivity index (χ2n) is 10.3. The molecule has 1 unspecified atom stereocenters. The molecule has 42 heavy (non-hydrogen) atoms. The highest BCUT2D eigenvalue weighted by molar-refractivity contribution is 5.84. The first-order valence-electron chi connectivity index (χ1n) is 13.8. The lowest BCUT2D eigenvalue weighted by molar-refractivity contribution is 0.205. The SMILES string of the molecule is CCN(C)C(C)n1c(=O)c(-c2nnn(Cc3cccc(OCc4ccc5ccccc5n4)c3)n2)cc2cc(O)ccc21. The number of aromatic hydroxyl groups is 1. The van der Waals surface area contributed by atoms with Crippen LogP contribution in [0.4, 0.5) is 0 Å². The number of pyridine rings is 2. The number of nitrogens with zero attached hydrogens (tertiary/aromatic N) is 7. The molecule has 0 aliphatic carbocycles. The van der Waals surface area contributed by atoms with Crippen LogP contribution in [0.3, 0.4) is 0 Å². The fourth-order valence-corrected chi connectivity index (χ4v) is 4.99. The monoisotopic (exact) mass is 561 g/mol. The molecule has 0 bridgehead atoms. The van der Waals surface area contributed by atoms with Gasteiger partial charge in [0.15, 0.2) is 0 Å². The molecule has 6 rings (SSSR count). The molecule has 1 atom stereocenters. The van der Waals surface area contributed by atoms with E-state index in [1.165, 1.54) is 4.80 Å². The molecule has 0 spiro atoms. The van der Waals surface area contributed by atoms with Gasteiger partial charge in [0.25, 0.3) is 5.56 Å². The molecule has 10 nitrogen and oxygen atoms in total. The topological polar surface area (TPSA) is 111 Å². The van der Waals surface area contributed by atoms with Gasteiger partial charge in [0.1, 0.15) is 18.1 Å². The van der Waals surface area contributed by atoms with Crippen LogP contribution in [0.5, 0.6) is 11.5 Å². The lowest BCUT2D eigenvalue weighted by atomic mass is 10.1. The van der Waals surface area contributed by atoms with E-state index >= 15 is 0 Å². The first kappa shape index (κ1) is 27.1. The Hall–Kier alpha value is -5.09. The number of para-hydroxylation sites is 1. The van der Waals surface area contributed by atoms with Gasteiger partial charge in [0.2, 0.25) is 5.82 Å². The number of fused-ring (bicyclic) bond motifs is 2. The van der Waals surface area contributed by atoms with Crippen LogP contribution < -0.4 is 10.3 Å². The summed E-state index contributed by atoms with van der Waals surface area (Å²) in [5, 5.41) is 24.9. The zero-order chi connectivity index (χ0) is 29.2. The fraction of sp³-hybridized carbons (Fsp3) is 0.219. The van der Waals surface area contributed by atoms with Gasteiger partial charge in [-0.15, -0.1) is 10.2 Å². The minimum Gasteiger partial charge on any atom is -0.508 e. The lowest BCUT2D eigenvalue weighted by Crippen LogP contribution is -2.34. The summed E-state index contributed by atoms with van der Waals surface area (Å²) < 4.78 is 7.74. The summed E-state index contributed by atoms with van der Waals surface area (Å²) in [6.45, 7) is 5.45. The summed E-state index contributed by atoms with van der Waals surface area (Å²) in [5.74, 6) is 1.04. The predicted molar refractivity (Wildman–Crippen MR) is 161 cm³/mol. The van der Waals surface area contributed by atoms with Gasteiger partial charge in [0.05, 0.1) is 35.0 Å². The summed E-state index contributed by atoms with van der Waals surface area (Å²) in [4.78, 5) is 21.9. The summed E-state index contributed by atoms with van der Waals surface area (Å²) in [6, 6.07) is 26.4. The molecule has 6 aromatic rings. The van der Waals surface area contributed by atoms with Crippen LogP contribution >= 0.6 is 0 Å². The summed E-state index contributed by atoms with van der Waals surface area (Å²) in [5.41, 5.74) is 3.51. The van der Waals surface area contributed by atoms with Crippen LogP contribution in [0.2, 0.25) is 0 Å². The molecule has 0 radical (unpaired) electrons. The van der Waals surface area contributed by atoms with Crippen molar-refractivity contribution >= 4 is 21.8 Å². The van der Waals surface area contributed by atoms with Gasteiger partial charge in [-0.05, 0) is 79.8 Å². The summed E-state index contributed by atoms with van der Waals surface area (Å²) in [6.07, 6.45) is -0.225. The number of tetrazole rings is 1. The first-order valence-corrected chi connectivity index (χ1v) is 13.8. The second kappa shape index (κ2) is 11.4. The molecule has 3 heterocycles. The molecular weight excluding hydrogens is 530 g/mol. The summed E-state index contributed by atoms with van der Waals surface area (Å²) >= 11 is 0. The molecule has 3 aromatic carbocycles. The van der Waals surface area contributed by atoms with E-state index in [0.29, 0.717) is 29.9 Å². The molecule has 0 aliphatic heterocycles. The molecule has 3 aromatic heterocycles. The van der Waals surface area contributed by atoms with Crippen molar-refractivity contribution < 1.29 is 9.84 Å². The van der Waals surface area contributed by atoms with E-state index in [4.69, 9.17) is 4.74 Å². The Labute approximate surface area is 242 Å². The van der Waals surface area contributed by atoms with Crippen molar-refractivity contribution in [1.82, 2.24) is 34.7 Å². The van der Waals surface area contributed by atoms with Gasteiger partial charge >= 0.3 is 0 Å². The van der Waals surface area contributed by atoms with Crippen molar-refractivity contribution in [2.24, 2.45) is 0 Å². The average molecular weight is 562 g/mol. The molecule has 0 aliphatic rings. The van der Waals surface area contributed by atoms with Crippen molar-refractivity contribution in [2.45, 2.75) is 33.2 Å². The van der Waals surface area contributed by atoms with E-state index in [1.807, 2.05) is 81.6 Å². The van der Waals surface area contributed by atoms with E-state index in [-0.39, 0.29) is 23.3 Å². The van der Waals surface area contributed by atoms with Crippen LogP contribution in [0.1, 0.15) is 31.3 Å². The van der Waals surface area contributed by atoms with Crippen molar-refractivity contribution in [1.29, 1.82) is 0 Å². The predicted octanol–water partition coefficient (Wildman–Crippen LogP) is 5.01. The zero-order valence-corrected chi connectivity index (χ0v) is 23.7. The van der Waals surface area contributed by atoms with Crippen molar-refractivity contribution in [3.8, 4) is 22.9 Å². The Bertz CT molecular complexity index is 1950. The Morgan fingerprint density at radius 2 is 1.83 bits per heavy atom. The number of phenolic OH excluding ortho intramolecular Hbond substituents is 1. The van der Waals surface area contributed by atoms with E-state index in [9.17, 15) is 9.90 Å². The second-order valence-corrected chi connectivity index (χ2v) is 10.3. The number of ether oxygens (including phenoxy) is 1. The van der Waals surface area contributed by atoms with E-state index in [2.05, 4.69) is 25.3 Å². The normalized spacial score (nSPS) is 12.3. The molecular formula is C32H31N7O3. The Kier molecular flexibility index (Phi) is 7.37. The van der Waals surface area contributed by atoms with Crippen LogP contribution in [0.25, 0.3) is 33.2 Å². The molecule has 212 valence electrons. The minimum absolute atomic E-state index is 0.116. The Morgan fingerprint density at radius 1 is 0.976 bits per heavy atom. The molecule has 0 fully saturated rings. The molecule has 0 saturated carbocycles. The van der Waals surface area contributed by atoms with Crippen LogP contribution in [0.15, 0.2) is 89.7 Å². The van der Waals surface area contributed by atoms with Gasteiger partial charge in [-0.3, -0.25) is 14.3 Å². The van der Waals surface area contributed by atoms with Crippen LogP contribution in [-0.2, 0) is 13.2 Å². The third-order valence-electron chi connectivity index (χ3n) is 7.49. The van der Waals surface area contributed by atoms with Gasteiger partial charge in [0, 0.05) is 10.8 Å². The molecule has 0 amide bonds. The number of benzene rings is 3. The molecule has 1 N–H and O–H groups in total. The van der Waals surface area contributed by atoms with Crippen LogP contribution in [0, 0.1) is 0 Å². The number of hydrogen-bond acceptors (Lipinski definition) is 8. The largest absolute Gasteiger partial charge is 0.508 e. The highest BCUT2D eigenvalue weighted by Gasteiger charge is 2.20. The maximum atomic E-state index is 13.7. The highest BCUT2D eigenvalue weighted by Crippen LogP contribution is 2.25. The number of aromatic nitrogens is 6. The van der Waals surface area contributed by atoms with Crippen molar-refractivity contribution in [3.05, 3.63) is 107 Å². The van der Waals surface area contributed by atoms with Crippen molar-refractivity contribution in [2.75, 3.05) is 13.6 Å². The average Bonchev–Trinajstić information content (AvgIpc) is 3.47. The molecule has 0 saturated heterocycles. The maximum absolute atomic E-state index is 13.7. The van der Waals surface area contributed by atoms with Crippen LogP contribution in [-0.4, -0.2) is 53.4 Å². The van der Waals surface area contributed by atoms with E-state index in [1.54, 1.807) is 28.8 Å². The van der Waals surface area contributed by atoms with Gasteiger partial charge in [-0.25, -0.2) is 4.98 Å². The summed E-state index contributed by atoms with van der Waals surface area (Å²) in [7, 11) is 1.96. The maximum Gasteiger partial charge on any atom is 0.263 e. The van der Waals surface area contributed by atoms with Gasteiger partial charge in [-0.2, -0.15) is 4.80 Å². The number of hydrogen-bond donors (Lipinski definition) is 1. The Morgan fingerprint density at radius 3 is 2.69 bits per heavy atom. The zero-order valence-electron chi connectivity index (χ0n) is 23.7. The van der Waals surface area contributed by atoms with E-state index < -0.39 is 0 Å².